The summed E-state index contributed by atoms with van der Waals surface area (Å²) in [6.45, 7) is 4.08. The smallest absolute Gasteiger partial charge is 0.255 e. The van der Waals surface area contributed by atoms with Crippen LogP contribution < -0.4 is 10.1 Å². The van der Waals surface area contributed by atoms with Gasteiger partial charge in [0.25, 0.3) is 5.91 Å². The maximum absolute atomic E-state index is 13.5. The number of para-hydroxylation sites is 1. The topological polar surface area (TPSA) is 67.0 Å². The van der Waals surface area contributed by atoms with Crippen LogP contribution in [0.15, 0.2) is 42.5 Å². The Hall–Kier alpha value is -3.22. The number of benzene rings is 2. The molecule has 0 aliphatic carbocycles. The molecular weight excluding hydrogens is 364 g/mol. The largest absolute Gasteiger partial charge is 0.496 e. The van der Waals surface area contributed by atoms with Crippen molar-refractivity contribution in [2.45, 2.75) is 20.3 Å². The molecule has 5 nitrogen and oxygen atoms in total. The molecule has 0 atom stereocenters. The normalized spacial score (nSPS) is 10.9. The number of ether oxygens (including phenoxy) is 1. The SMILES string of the molecule is COc1ccccc1-c1n[nH]c(CC(C)C)c1NC(=O)c1cc(F)cc(F)c1. The first-order chi connectivity index (χ1) is 13.4. The van der Waals surface area contributed by atoms with Gasteiger partial charge in [-0.3, -0.25) is 9.89 Å². The number of hydrogen-bond donors (Lipinski definition) is 2. The highest BCUT2D eigenvalue weighted by molar-refractivity contribution is 6.06. The van der Waals surface area contributed by atoms with Crippen LogP contribution in [0.25, 0.3) is 11.3 Å². The summed E-state index contributed by atoms with van der Waals surface area (Å²) >= 11 is 0. The molecule has 0 unspecified atom stereocenters. The molecule has 146 valence electrons. The summed E-state index contributed by atoms with van der Waals surface area (Å²) in [5, 5.41) is 10.1. The zero-order valence-corrected chi connectivity index (χ0v) is 15.8. The van der Waals surface area contributed by atoms with Gasteiger partial charge in [-0.1, -0.05) is 26.0 Å². The van der Waals surface area contributed by atoms with Crippen LogP contribution in [0, 0.1) is 17.6 Å². The highest BCUT2D eigenvalue weighted by Crippen LogP contribution is 2.36. The number of nitrogens with one attached hydrogen (secondary N) is 2. The number of carbonyl (C=O) groups is 1. The molecule has 0 radical (unpaired) electrons. The summed E-state index contributed by atoms with van der Waals surface area (Å²) in [7, 11) is 1.55. The van der Waals surface area contributed by atoms with E-state index in [4.69, 9.17) is 4.74 Å². The number of rotatable bonds is 6. The molecular formula is C21H21F2N3O2. The van der Waals surface area contributed by atoms with Gasteiger partial charge in [0.05, 0.1) is 18.5 Å². The lowest BCUT2D eigenvalue weighted by molar-refractivity contribution is 0.102. The number of aromatic nitrogens is 2. The van der Waals surface area contributed by atoms with Crippen molar-refractivity contribution in [1.82, 2.24) is 10.2 Å². The van der Waals surface area contributed by atoms with E-state index in [2.05, 4.69) is 15.5 Å². The molecule has 1 heterocycles. The van der Waals surface area contributed by atoms with Crippen molar-refractivity contribution >= 4 is 11.6 Å². The molecule has 3 rings (SSSR count). The summed E-state index contributed by atoms with van der Waals surface area (Å²) in [5.41, 5.74) is 2.27. The van der Waals surface area contributed by atoms with E-state index < -0.39 is 17.5 Å². The molecule has 0 fully saturated rings. The number of H-pyrrole nitrogens is 1. The number of anilines is 1. The second-order valence-electron chi connectivity index (χ2n) is 6.84. The van der Waals surface area contributed by atoms with Crippen molar-refractivity contribution in [2.75, 3.05) is 12.4 Å². The molecule has 28 heavy (non-hydrogen) atoms. The van der Waals surface area contributed by atoms with Crippen LogP contribution in [0.4, 0.5) is 14.5 Å². The van der Waals surface area contributed by atoms with E-state index in [1.54, 1.807) is 13.2 Å². The van der Waals surface area contributed by atoms with Crippen LogP contribution in [0.3, 0.4) is 0 Å². The lowest BCUT2D eigenvalue weighted by Gasteiger charge is -2.12. The van der Waals surface area contributed by atoms with Crippen molar-refractivity contribution in [3.8, 4) is 17.0 Å². The Morgan fingerprint density at radius 2 is 1.86 bits per heavy atom. The standard InChI is InChI=1S/C21H21F2N3O2/c1-12(2)8-17-20(24-21(27)13-9-14(22)11-15(23)10-13)19(26-25-17)16-6-4-5-7-18(16)28-3/h4-7,9-12H,8H2,1-3H3,(H,24,27)(H,25,26). The van der Waals surface area contributed by atoms with Gasteiger partial charge in [-0.15, -0.1) is 0 Å². The van der Waals surface area contributed by atoms with Crippen LogP contribution in [0.5, 0.6) is 5.75 Å². The average molecular weight is 385 g/mol. The minimum atomic E-state index is -0.815. The summed E-state index contributed by atoms with van der Waals surface area (Å²) < 4.78 is 32.4. The first kappa shape index (κ1) is 19.5. The van der Waals surface area contributed by atoms with Crippen LogP contribution in [-0.4, -0.2) is 23.2 Å². The first-order valence-electron chi connectivity index (χ1n) is 8.87. The van der Waals surface area contributed by atoms with E-state index in [1.807, 2.05) is 32.0 Å². The monoisotopic (exact) mass is 385 g/mol. The molecule has 0 saturated heterocycles. The fourth-order valence-electron chi connectivity index (χ4n) is 2.97. The third-order valence-electron chi connectivity index (χ3n) is 4.18. The number of amides is 1. The second kappa shape index (κ2) is 8.21. The first-order valence-corrected chi connectivity index (χ1v) is 8.87. The van der Waals surface area contributed by atoms with Crippen molar-refractivity contribution < 1.29 is 18.3 Å². The van der Waals surface area contributed by atoms with E-state index in [1.165, 1.54) is 0 Å². The number of aromatic amines is 1. The lowest BCUT2D eigenvalue weighted by Crippen LogP contribution is -2.14. The molecule has 0 saturated carbocycles. The van der Waals surface area contributed by atoms with Gasteiger partial charge in [-0.25, -0.2) is 8.78 Å². The van der Waals surface area contributed by atoms with Crippen molar-refractivity contribution in [3.63, 3.8) is 0 Å². The molecule has 1 aromatic heterocycles. The fraction of sp³-hybridized carbons (Fsp3) is 0.238. The fourth-order valence-corrected chi connectivity index (χ4v) is 2.97. The minimum absolute atomic E-state index is 0.111. The highest BCUT2D eigenvalue weighted by atomic mass is 19.1. The van der Waals surface area contributed by atoms with Crippen molar-refractivity contribution in [2.24, 2.45) is 5.92 Å². The predicted octanol–water partition coefficient (Wildman–Crippen LogP) is 4.81. The van der Waals surface area contributed by atoms with Crippen molar-refractivity contribution in [3.05, 3.63) is 65.4 Å². The van der Waals surface area contributed by atoms with E-state index in [0.717, 1.165) is 23.9 Å². The maximum atomic E-state index is 13.5. The van der Waals surface area contributed by atoms with E-state index >= 15 is 0 Å². The second-order valence-corrected chi connectivity index (χ2v) is 6.84. The molecule has 3 aromatic rings. The summed E-state index contributed by atoms with van der Waals surface area (Å²) in [4.78, 5) is 12.7. The Balaban J connectivity index is 2.04. The average Bonchev–Trinajstić information content (AvgIpc) is 3.02. The Kier molecular flexibility index (Phi) is 5.73. The summed E-state index contributed by atoms with van der Waals surface area (Å²) in [5.74, 6) is -1.36. The zero-order chi connectivity index (χ0) is 20.3. The minimum Gasteiger partial charge on any atom is -0.496 e. The molecule has 0 spiro atoms. The van der Waals surface area contributed by atoms with Crippen LogP contribution in [-0.2, 0) is 6.42 Å². The Morgan fingerprint density at radius 3 is 2.50 bits per heavy atom. The summed E-state index contributed by atoms with van der Waals surface area (Å²) in [6.07, 6.45) is 0.634. The van der Waals surface area contributed by atoms with Gasteiger partial charge in [-0.05, 0) is 36.6 Å². The highest BCUT2D eigenvalue weighted by Gasteiger charge is 2.21. The summed E-state index contributed by atoms with van der Waals surface area (Å²) in [6, 6.07) is 9.98. The van der Waals surface area contributed by atoms with Gasteiger partial charge in [0.15, 0.2) is 0 Å². The maximum Gasteiger partial charge on any atom is 0.255 e. The molecule has 2 aromatic carbocycles. The number of methoxy groups -OCH3 is 1. The quantitative estimate of drug-likeness (QED) is 0.640. The van der Waals surface area contributed by atoms with Gasteiger partial charge in [0.1, 0.15) is 23.1 Å². The van der Waals surface area contributed by atoms with Crippen LogP contribution in [0.2, 0.25) is 0 Å². The molecule has 2 N–H and O–H groups in total. The van der Waals surface area contributed by atoms with E-state index in [-0.39, 0.29) is 5.56 Å². The lowest BCUT2D eigenvalue weighted by atomic mass is 10.0. The molecule has 0 aliphatic heterocycles. The molecule has 1 amide bonds. The van der Waals surface area contributed by atoms with Gasteiger partial charge < -0.3 is 10.1 Å². The Bertz CT molecular complexity index is 979. The number of carbonyl (C=O) groups excluding carboxylic acids is 1. The third kappa shape index (κ3) is 4.19. The number of hydrogen-bond acceptors (Lipinski definition) is 3. The van der Waals surface area contributed by atoms with Gasteiger partial charge in [-0.2, -0.15) is 5.10 Å². The predicted molar refractivity (Wildman–Crippen MR) is 103 cm³/mol. The van der Waals surface area contributed by atoms with Crippen molar-refractivity contribution in [1.29, 1.82) is 0 Å². The van der Waals surface area contributed by atoms with E-state index in [9.17, 15) is 13.6 Å². The molecule has 7 heteroatoms. The number of nitrogens with zero attached hydrogens (tertiary/aromatic N) is 1. The van der Waals surface area contributed by atoms with Gasteiger partial charge in [0.2, 0.25) is 0 Å². The Labute approximate surface area is 161 Å². The number of halogens is 2. The third-order valence-corrected chi connectivity index (χ3v) is 4.18. The van der Waals surface area contributed by atoms with Gasteiger partial charge >= 0.3 is 0 Å². The van der Waals surface area contributed by atoms with Gasteiger partial charge in [0, 0.05) is 17.2 Å². The van der Waals surface area contributed by atoms with E-state index in [0.29, 0.717) is 35.0 Å². The van der Waals surface area contributed by atoms with Crippen LogP contribution in [0.1, 0.15) is 29.9 Å². The molecule has 0 bridgehead atoms. The Morgan fingerprint density at radius 1 is 1.18 bits per heavy atom. The zero-order valence-electron chi connectivity index (χ0n) is 15.8. The molecule has 0 aliphatic rings. The van der Waals surface area contributed by atoms with Crippen LogP contribution >= 0.6 is 0 Å².